The summed E-state index contributed by atoms with van der Waals surface area (Å²) in [4.78, 5) is 0. The summed E-state index contributed by atoms with van der Waals surface area (Å²) in [6.07, 6.45) is 3.37. The quantitative estimate of drug-likeness (QED) is 0.819. The normalized spacial score (nSPS) is 16.7. The Hall–Kier alpha value is -0.900. The van der Waals surface area contributed by atoms with Gasteiger partial charge >= 0.3 is 0 Å². The lowest BCUT2D eigenvalue weighted by Gasteiger charge is -2.21. The first-order valence-electron chi connectivity index (χ1n) is 7.26. The molecule has 1 aromatic carbocycles. The van der Waals surface area contributed by atoms with Crippen LogP contribution in [0.5, 0.6) is 0 Å². The molecule has 1 saturated heterocycles. The van der Waals surface area contributed by atoms with Crippen LogP contribution in [0.25, 0.3) is 0 Å². The van der Waals surface area contributed by atoms with Crippen LogP contribution in [0.4, 0.5) is 0 Å². The second-order valence-corrected chi connectivity index (χ2v) is 5.24. The highest BCUT2D eigenvalue weighted by atomic mass is 16.5. The Labute approximate surface area is 116 Å². The molecule has 1 aliphatic heterocycles. The number of hydrogen-bond donors (Lipinski definition) is 1. The minimum atomic E-state index is 0.684. The average molecular weight is 263 g/mol. The molecular formula is C16H25NO2. The van der Waals surface area contributed by atoms with Crippen LogP contribution in [0.1, 0.15) is 24.0 Å². The van der Waals surface area contributed by atoms with E-state index in [0.717, 1.165) is 52.2 Å². The molecule has 0 unspecified atom stereocenters. The van der Waals surface area contributed by atoms with Crippen LogP contribution in [-0.2, 0) is 22.5 Å². The number of ether oxygens (including phenoxy) is 2. The summed E-state index contributed by atoms with van der Waals surface area (Å²) in [7, 11) is 1.98. The molecule has 0 amide bonds. The monoisotopic (exact) mass is 263 g/mol. The molecule has 0 aromatic heterocycles. The van der Waals surface area contributed by atoms with E-state index in [9.17, 15) is 0 Å². The minimum Gasteiger partial charge on any atom is -0.381 e. The zero-order valence-corrected chi connectivity index (χ0v) is 11.9. The number of benzene rings is 1. The van der Waals surface area contributed by atoms with Gasteiger partial charge in [-0.05, 0) is 49.9 Å². The average Bonchev–Trinajstić information content (AvgIpc) is 2.47. The van der Waals surface area contributed by atoms with E-state index in [1.807, 2.05) is 7.05 Å². The first kappa shape index (κ1) is 14.5. The van der Waals surface area contributed by atoms with Gasteiger partial charge < -0.3 is 14.8 Å². The second-order valence-electron chi connectivity index (χ2n) is 5.24. The molecule has 0 spiro atoms. The third-order valence-corrected chi connectivity index (χ3v) is 3.65. The van der Waals surface area contributed by atoms with Crippen molar-refractivity contribution in [3.63, 3.8) is 0 Å². The molecule has 0 saturated carbocycles. The van der Waals surface area contributed by atoms with Crippen LogP contribution in [0.15, 0.2) is 24.3 Å². The summed E-state index contributed by atoms with van der Waals surface area (Å²) < 4.78 is 11.2. The van der Waals surface area contributed by atoms with E-state index in [1.165, 1.54) is 11.1 Å². The van der Waals surface area contributed by atoms with Crippen molar-refractivity contribution >= 4 is 0 Å². The Morgan fingerprint density at radius 1 is 1.16 bits per heavy atom. The van der Waals surface area contributed by atoms with Crippen LogP contribution in [-0.4, -0.2) is 33.4 Å². The molecule has 0 bridgehead atoms. The van der Waals surface area contributed by atoms with Crippen molar-refractivity contribution in [2.75, 3.05) is 33.4 Å². The molecule has 19 heavy (non-hydrogen) atoms. The Kier molecular flexibility index (Phi) is 6.34. The van der Waals surface area contributed by atoms with E-state index >= 15 is 0 Å². The smallest absolute Gasteiger partial charge is 0.0717 e. The molecule has 1 heterocycles. The first-order chi connectivity index (χ1) is 9.38. The van der Waals surface area contributed by atoms with Gasteiger partial charge in [-0.2, -0.15) is 0 Å². The molecule has 1 N–H and O–H groups in total. The van der Waals surface area contributed by atoms with Crippen LogP contribution < -0.4 is 5.32 Å². The summed E-state index contributed by atoms with van der Waals surface area (Å²) in [5, 5.41) is 3.17. The fraction of sp³-hybridized carbons (Fsp3) is 0.625. The van der Waals surface area contributed by atoms with Gasteiger partial charge in [0.25, 0.3) is 0 Å². The summed E-state index contributed by atoms with van der Waals surface area (Å²) in [6.45, 7) is 4.41. The van der Waals surface area contributed by atoms with Gasteiger partial charge in [-0.25, -0.2) is 0 Å². The van der Waals surface area contributed by atoms with Gasteiger partial charge in [0.15, 0.2) is 0 Å². The third kappa shape index (κ3) is 5.31. The molecule has 3 nitrogen and oxygen atoms in total. The molecular weight excluding hydrogens is 238 g/mol. The topological polar surface area (TPSA) is 30.5 Å². The van der Waals surface area contributed by atoms with Crippen molar-refractivity contribution in [1.82, 2.24) is 5.32 Å². The van der Waals surface area contributed by atoms with E-state index < -0.39 is 0 Å². The lowest BCUT2D eigenvalue weighted by atomic mass is 10.0. The number of nitrogens with one attached hydrogen (secondary N) is 1. The lowest BCUT2D eigenvalue weighted by Crippen LogP contribution is -2.20. The van der Waals surface area contributed by atoms with Gasteiger partial charge in [-0.1, -0.05) is 24.3 Å². The molecule has 0 radical (unpaired) electrons. The minimum absolute atomic E-state index is 0.684. The molecule has 106 valence electrons. The third-order valence-electron chi connectivity index (χ3n) is 3.65. The molecule has 2 rings (SSSR count). The van der Waals surface area contributed by atoms with Crippen molar-refractivity contribution in [2.24, 2.45) is 5.92 Å². The fourth-order valence-corrected chi connectivity index (χ4v) is 2.33. The van der Waals surface area contributed by atoms with Crippen LogP contribution in [0.2, 0.25) is 0 Å². The summed E-state index contributed by atoms with van der Waals surface area (Å²) in [5.74, 6) is 0.684. The SMILES string of the molecule is CNCCc1ccc(COCC2CCOCC2)cc1. The van der Waals surface area contributed by atoms with E-state index in [2.05, 4.69) is 29.6 Å². The summed E-state index contributed by atoms with van der Waals surface area (Å²) >= 11 is 0. The van der Waals surface area contributed by atoms with E-state index in [0.29, 0.717) is 5.92 Å². The van der Waals surface area contributed by atoms with Crippen LogP contribution >= 0.6 is 0 Å². The van der Waals surface area contributed by atoms with Crippen molar-refractivity contribution < 1.29 is 9.47 Å². The molecule has 0 aliphatic carbocycles. The zero-order valence-electron chi connectivity index (χ0n) is 11.9. The lowest BCUT2D eigenvalue weighted by molar-refractivity contribution is 0.0157. The molecule has 1 aliphatic rings. The first-order valence-corrected chi connectivity index (χ1v) is 7.26. The fourth-order valence-electron chi connectivity index (χ4n) is 2.33. The van der Waals surface area contributed by atoms with E-state index in [4.69, 9.17) is 9.47 Å². The largest absolute Gasteiger partial charge is 0.381 e. The number of likely N-dealkylation sites (N-methyl/N-ethyl adjacent to an activating group) is 1. The van der Waals surface area contributed by atoms with E-state index in [-0.39, 0.29) is 0 Å². The Bertz CT molecular complexity index is 344. The van der Waals surface area contributed by atoms with Crippen LogP contribution in [0, 0.1) is 5.92 Å². The van der Waals surface area contributed by atoms with Gasteiger partial charge in [-0.3, -0.25) is 0 Å². The number of rotatable bonds is 7. The Morgan fingerprint density at radius 2 is 1.84 bits per heavy atom. The maximum Gasteiger partial charge on any atom is 0.0717 e. The van der Waals surface area contributed by atoms with E-state index in [1.54, 1.807) is 0 Å². The maximum absolute atomic E-state index is 5.81. The van der Waals surface area contributed by atoms with Crippen LogP contribution in [0.3, 0.4) is 0 Å². The summed E-state index contributed by atoms with van der Waals surface area (Å²) in [5.41, 5.74) is 2.64. The predicted molar refractivity (Wildman–Crippen MR) is 77.3 cm³/mol. The molecule has 1 fully saturated rings. The van der Waals surface area contributed by atoms with Crippen molar-refractivity contribution in [1.29, 1.82) is 0 Å². The van der Waals surface area contributed by atoms with Gasteiger partial charge in [-0.15, -0.1) is 0 Å². The predicted octanol–water partition coefficient (Wildman–Crippen LogP) is 2.39. The second kappa shape index (κ2) is 8.31. The Balaban J connectivity index is 1.67. The van der Waals surface area contributed by atoms with Gasteiger partial charge in [0.1, 0.15) is 0 Å². The Morgan fingerprint density at radius 3 is 2.53 bits per heavy atom. The molecule has 1 aromatic rings. The van der Waals surface area contributed by atoms with Gasteiger partial charge in [0, 0.05) is 13.2 Å². The standard InChI is InChI=1S/C16H25NO2/c1-17-9-6-14-2-4-15(5-3-14)12-19-13-16-7-10-18-11-8-16/h2-5,16-17H,6-13H2,1H3. The molecule has 0 atom stereocenters. The molecule has 3 heteroatoms. The van der Waals surface area contributed by atoms with Crippen molar-refractivity contribution in [2.45, 2.75) is 25.9 Å². The highest BCUT2D eigenvalue weighted by Crippen LogP contribution is 2.15. The highest BCUT2D eigenvalue weighted by Gasteiger charge is 2.13. The zero-order chi connectivity index (χ0) is 13.3. The highest BCUT2D eigenvalue weighted by molar-refractivity contribution is 5.22. The van der Waals surface area contributed by atoms with Gasteiger partial charge in [0.05, 0.1) is 13.2 Å². The summed E-state index contributed by atoms with van der Waals surface area (Å²) in [6, 6.07) is 8.75. The van der Waals surface area contributed by atoms with Crippen molar-refractivity contribution in [3.05, 3.63) is 35.4 Å². The number of hydrogen-bond acceptors (Lipinski definition) is 3. The maximum atomic E-state index is 5.81. The van der Waals surface area contributed by atoms with Gasteiger partial charge in [0.2, 0.25) is 0 Å². The van der Waals surface area contributed by atoms with Crippen molar-refractivity contribution in [3.8, 4) is 0 Å².